The number of hydrogen-bond acceptors (Lipinski definition) is 1. The molecule has 6 rings (SSSR count). The monoisotopic (exact) mass is 786 g/mol. The number of benzene rings is 4. The summed E-state index contributed by atoms with van der Waals surface area (Å²) in [6.07, 6.45) is 14.6. The number of rotatable bonds is 8. The van der Waals surface area contributed by atoms with Crippen molar-refractivity contribution < 1.29 is 32.8 Å². The number of hydrogen-bond donors (Lipinski definition) is 1. The predicted molar refractivity (Wildman–Crippen MR) is 211 cm³/mol. The third-order valence-electron chi connectivity index (χ3n) is 10.6. The largest absolute Gasteiger partial charge is 2.00 e. The molecule has 4 heteroatoms. The third-order valence-corrected chi connectivity index (χ3v) is 14.1. The summed E-state index contributed by atoms with van der Waals surface area (Å²) in [5.41, 5.74) is 18.7. The molecule has 0 aliphatic heterocycles. The molecular weight excluding hydrogens is 727 g/mol. The molecule has 4 aromatic rings. The van der Waals surface area contributed by atoms with Crippen LogP contribution < -0.4 is 23.4 Å². The minimum absolute atomic E-state index is 0. The molecule has 0 saturated heterocycles. The second-order valence-electron chi connectivity index (χ2n) is 15.0. The Kier molecular flexibility index (Phi) is 17.1. The summed E-state index contributed by atoms with van der Waals surface area (Å²) < 4.78 is 0. The van der Waals surface area contributed by atoms with Gasteiger partial charge in [0, 0.05) is 11.3 Å². The molecule has 4 aromatic carbocycles. The van der Waals surface area contributed by atoms with Crippen molar-refractivity contribution in [3.63, 3.8) is 0 Å². The zero-order chi connectivity index (χ0) is 33.3. The Balaban J connectivity index is 0.000000364. The summed E-state index contributed by atoms with van der Waals surface area (Å²) in [4.78, 5) is 0. The van der Waals surface area contributed by atoms with Crippen molar-refractivity contribution in [2.45, 2.75) is 135 Å². The van der Waals surface area contributed by atoms with E-state index in [9.17, 15) is 0 Å². The van der Waals surface area contributed by atoms with Gasteiger partial charge in [-0.15, -0.1) is 0 Å². The number of nitrogen functional groups attached to an aromatic ring is 1. The second kappa shape index (κ2) is 20.2. The molecule has 0 atom stereocenters. The first kappa shape index (κ1) is 41.5. The van der Waals surface area contributed by atoms with E-state index in [0.29, 0.717) is 17.8 Å². The molecule has 266 valence electrons. The van der Waals surface area contributed by atoms with E-state index in [-0.39, 0.29) is 40.8 Å². The summed E-state index contributed by atoms with van der Waals surface area (Å²) in [6, 6.07) is 32.9. The van der Waals surface area contributed by atoms with E-state index in [1.807, 2.05) is 42.5 Å². The van der Waals surface area contributed by atoms with Crippen molar-refractivity contribution in [1.82, 2.24) is 0 Å². The Labute approximate surface area is 320 Å². The van der Waals surface area contributed by atoms with Crippen LogP contribution in [0.25, 0.3) is 22.3 Å². The summed E-state index contributed by atoms with van der Waals surface area (Å²) in [6.45, 7) is 14.3. The molecule has 0 amide bonds. The van der Waals surface area contributed by atoms with Crippen molar-refractivity contribution in [2.75, 3.05) is 5.73 Å². The first-order valence-electron chi connectivity index (χ1n) is 18.7. The van der Waals surface area contributed by atoms with Crippen LogP contribution in [-0.4, -0.2) is 11.3 Å². The van der Waals surface area contributed by atoms with Gasteiger partial charge < -0.3 is 18.1 Å². The number of nitrogens with two attached hydrogens (primary N) is 1. The van der Waals surface area contributed by atoms with Gasteiger partial charge in [-0.1, -0.05) is 173 Å². The zero-order valence-electron chi connectivity index (χ0n) is 30.8. The average Bonchev–Trinajstić information content (AvgIpc) is 3.10. The topological polar surface area (TPSA) is 26.0 Å². The first-order chi connectivity index (χ1) is 22.8. The van der Waals surface area contributed by atoms with Crippen molar-refractivity contribution >= 4 is 18.9 Å². The van der Waals surface area contributed by atoms with Crippen LogP contribution >= 0.6 is 7.92 Å². The minimum Gasteiger partial charge on any atom is -1.00 e. The minimum atomic E-state index is -0.120. The van der Waals surface area contributed by atoms with E-state index in [2.05, 4.69) is 90.1 Å². The third kappa shape index (κ3) is 10.6. The van der Waals surface area contributed by atoms with Gasteiger partial charge >= 0.3 is 20.4 Å². The van der Waals surface area contributed by atoms with E-state index in [1.165, 1.54) is 75.3 Å². The average molecular weight is 788 g/mol. The fourth-order valence-corrected chi connectivity index (χ4v) is 11.9. The van der Waals surface area contributed by atoms with Gasteiger partial charge in [-0.25, -0.2) is 0 Å². The van der Waals surface area contributed by atoms with Gasteiger partial charge in [0.15, 0.2) is 0 Å². The summed E-state index contributed by atoms with van der Waals surface area (Å²) in [5, 5.41) is 1.75. The van der Waals surface area contributed by atoms with Gasteiger partial charge in [0.1, 0.15) is 0 Å². The first-order valence-corrected chi connectivity index (χ1v) is 20.2. The van der Waals surface area contributed by atoms with Crippen molar-refractivity contribution in [3.05, 3.63) is 108 Å². The predicted octanol–water partition coefficient (Wildman–Crippen LogP) is 10.4. The van der Waals surface area contributed by atoms with Crippen LogP contribution in [0.2, 0.25) is 0 Å². The van der Waals surface area contributed by atoms with Gasteiger partial charge in [-0.2, -0.15) is 0 Å². The maximum Gasteiger partial charge on any atom is 2.00 e. The maximum atomic E-state index is 5.85. The Bertz CT molecular complexity index is 1510. The van der Waals surface area contributed by atoms with E-state index in [0.717, 1.165) is 22.6 Å². The van der Waals surface area contributed by atoms with E-state index < -0.39 is 0 Å². The quantitative estimate of drug-likeness (QED) is 0.107. The molecule has 2 aliphatic carbocycles. The number of anilines is 1. The van der Waals surface area contributed by atoms with Gasteiger partial charge in [0.05, 0.1) is 0 Å². The molecule has 2 fully saturated rings. The summed E-state index contributed by atoms with van der Waals surface area (Å²) in [7, 11) is -0.120. The Morgan fingerprint density at radius 2 is 1.00 bits per heavy atom. The fourth-order valence-electron chi connectivity index (χ4n) is 7.96. The molecular formula is C45H60ClNPPd+. The van der Waals surface area contributed by atoms with Gasteiger partial charge in [-0.3, -0.25) is 0 Å². The molecule has 49 heavy (non-hydrogen) atoms. The molecule has 0 aromatic heterocycles. The van der Waals surface area contributed by atoms with Crippen LogP contribution in [0, 0.1) is 0 Å². The van der Waals surface area contributed by atoms with E-state index in [4.69, 9.17) is 5.73 Å². The molecule has 0 heterocycles. The standard InChI is InChI=1S/C33H49P.C12H11N.ClH.Pd/c1-23(2)26-21-30(24(3)4)33(31(22-26)25(5)6)29-19-13-14-20-32(29)34(27-15-9-7-10-16-27)28-17-11-8-12-18-28;13-12-9-5-4-8-11(12)10-6-2-1-3-7-10;;/h13-14,19-25,27-28H,7-12,15-18H2,1-6H3;1-9H,13H2;1H;/q;;;+2/p-1. The number of halogens is 1. The molecule has 0 unspecified atom stereocenters. The van der Waals surface area contributed by atoms with Gasteiger partial charge in [0.25, 0.3) is 0 Å². The van der Waals surface area contributed by atoms with Crippen LogP contribution in [0.15, 0.2) is 91.0 Å². The smallest absolute Gasteiger partial charge is 1.00 e. The van der Waals surface area contributed by atoms with E-state index >= 15 is 0 Å². The molecule has 2 N–H and O–H groups in total. The molecule has 1 nitrogen and oxygen atoms in total. The number of para-hydroxylation sites is 1. The SMILES string of the molecule is CC(C)c1cc(C(C)C)c(-c2ccccc2P(C2CCCCC2)C2CCCCC2)c(C(C)C)c1.Nc1ccccc1-c1ccccc1.[Cl-].[Pd+2]. The Morgan fingerprint density at radius 1 is 0.551 bits per heavy atom. The fraction of sp³-hybridized carbons (Fsp3) is 0.467. The molecule has 2 aliphatic rings. The van der Waals surface area contributed by atoms with Crippen LogP contribution in [0.1, 0.15) is 140 Å². The Hall–Kier alpha value is -1.94. The van der Waals surface area contributed by atoms with Gasteiger partial charge in [0.2, 0.25) is 0 Å². The van der Waals surface area contributed by atoms with E-state index in [1.54, 1.807) is 27.6 Å². The normalized spacial score (nSPS) is 15.5. The maximum absolute atomic E-state index is 5.85. The van der Waals surface area contributed by atoms with Crippen LogP contribution in [0.5, 0.6) is 0 Å². The van der Waals surface area contributed by atoms with Crippen molar-refractivity contribution in [3.8, 4) is 22.3 Å². The van der Waals surface area contributed by atoms with Crippen LogP contribution in [0.4, 0.5) is 5.69 Å². The van der Waals surface area contributed by atoms with Gasteiger partial charge in [-0.05, 0) is 99.5 Å². The summed E-state index contributed by atoms with van der Waals surface area (Å²) in [5.74, 6) is 1.64. The van der Waals surface area contributed by atoms with Crippen LogP contribution in [0.3, 0.4) is 0 Å². The zero-order valence-corrected chi connectivity index (χ0v) is 34.0. The Morgan fingerprint density at radius 3 is 1.47 bits per heavy atom. The summed E-state index contributed by atoms with van der Waals surface area (Å²) >= 11 is 0. The second-order valence-corrected chi connectivity index (χ2v) is 17.8. The molecule has 0 radical (unpaired) electrons. The molecule has 2 saturated carbocycles. The van der Waals surface area contributed by atoms with Crippen molar-refractivity contribution in [1.29, 1.82) is 0 Å². The van der Waals surface area contributed by atoms with Crippen molar-refractivity contribution in [2.24, 2.45) is 0 Å². The molecule has 0 bridgehead atoms. The van der Waals surface area contributed by atoms with Crippen LogP contribution in [-0.2, 0) is 20.4 Å². The molecule has 0 spiro atoms.